The summed E-state index contributed by atoms with van der Waals surface area (Å²) in [5, 5.41) is 7.39. The highest BCUT2D eigenvalue weighted by Gasteiger charge is 2.37. The van der Waals surface area contributed by atoms with Crippen LogP contribution in [0.15, 0.2) is 16.8 Å². The van der Waals surface area contributed by atoms with Crippen LogP contribution in [-0.2, 0) is 4.74 Å². The number of carbonyl (C=O) groups excluding carboxylic acids is 1. The van der Waals surface area contributed by atoms with Gasteiger partial charge in [0.2, 0.25) is 11.8 Å². The van der Waals surface area contributed by atoms with Gasteiger partial charge in [-0.25, -0.2) is 9.78 Å². The highest BCUT2D eigenvalue weighted by Crippen LogP contribution is 2.32. The molecular formula is C20H28N6O3. The van der Waals surface area contributed by atoms with E-state index in [1.165, 1.54) is 19.3 Å². The summed E-state index contributed by atoms with van der Waals surface area (Å²) in [7, 11) is 0. The molecule has 1 aliphatic carbocycles. The van der Waals surface area contributed by atoms with Crippen LogP contribution in [0.4, 0.5) is 16.6 Å². The summed E-state index contributed by atoms with van der Waals surface area (Å²) in [5.41, 5.74) is 0. The van der Waals surface area contributed by atoms with Crippen molar-refractivity contribution in [2.75, 3.05) is 16.8 Å². The Bertz CT molecular complexity index is 848. The lowest BCUT2D eigenvalue weighted by Gasteiger charge is -2.23. The van der Waals surface area contributed by atoms with Crippen molar-refractivity contribution in [1.82, 2.24) is 20.1 Å². The van der Waals surface area contributed by atoms with Crippen LogP contribution in [0.5, 0.6) is 0 Å². The maximum Gasteiger partial charge on any atom is 0.415 e. The maximum absolute atomic E-state index is 12.2. The standard InChI is InChI=1S/C20H28N6O3/c1-12(2)15-11-28-20(27)26(15)16-9-10-21-19(23-16)22-13(3)18-24-17(25-29-18)14-7-5-4-6-8-14/h9-10,12-15H,4-8,11H2,1-3H3,(H,21,22,23)/t13-,15?/m1/s1. The second-order valence-corrected chi connectivity index (χ2v) is 8.19. The van der Waals surface area contributed by atoms with Crippen molar-refractivity contribution >= 4 is 17.9 Å². The van der Waals surface area contributed by atoms with Gasteiger partial charge in [0.1, 0.15) is 18.5 Å². The molecule has 1 unspecified atom stereocenters. The number of hydrogen-bond donors (Lipinski definition) is 1. The molecule has 1 aliphatic heterocycles. The van der Waals surface area contributed by atoms with Crippen LogP contribution in [0.2, 0.25) is 0 Å². The first-order valence-electron chi connectivity index (χ1n) is 10.4. The highest BCUT2D eigenvalue weighted by molar-refractivity contribution is 5.89. The van der Waals surface area contributed by atoms with E-state index in [0.717, 1.165) is 18.7 Å². The molecule has 2 fully saturated rings. The second kappa shape index (κ2) is 8.34. The third kappa shape index (κ3) is 4.18. The van der Waals surface area contributed by atoms with Crippen molar-refractivity contribution in [2.45, 2.75) is 70.9 Å². The third-order valence-corrected chi connectivity index (χ3v) is 5.71. The Kier molecular flexibility index (Phi) is 5.64. The van der Waals surface area contributed by atoms with Crippen molar-refractivity contribution in [3.05, 3.63) is 24.0 Å². The molecule has 2 aliphatic rings. The average Bonchev–Trinajstić information content (AvgIpc) is 3.36. The van der Waals surface area contributed by atoms with Gasteiger partial charge >= 0.3 is 6.09 Å². The fourth-order valence-corrected chi connectivity index (χ4v) is 3.95. The normalized spacial score (nSPS) is 21.4. The van der Waals surface area contributed by atoms with Gasteiger partial charge in [-0.1, -0.05) is 38.3 Å². The van der Waals surface area contributed by atoms with E-state index in [0.29, 0.717) is 30.2 Å². The number of hydrogen-bond acceptors (Lipinski definition) is 8. The van der Waals surface area contributed by atoms with Crippen LogP contribution in [0.1, 0.15) is 76.6 Å². The predicted octanol–water partition coefficient (Wildman–Crippen LogP) is 4.06. The molecule has 0 radical (unpaired) electrons. The van der Waals surface area contributed by atoms with Crippen LogP contribution in [0.25, 0.3) is 0 Å². The largest absolute Gasteiger partial charge is 0.447 e. The number of nitrogens with one attached hydrogen (secondary N) is 1. The molecule has 2 atom stereocenters. The van der Waals surface area contributed by atoms with Gasteiger partial charge in [-0.05, 0) is 31.7 Å². The Balaban J connectivity index is 1.46. The Morgan fingerprint density at radius 2 is 1.97 bits per heavy atom. The smallest absolute Gasteiger partial charge is 0.415 e. The summed E-state index contributed by atoms with van der Waals surface area (Å²) in [6.45, 7) is 6.41. The molecular weight excluding hydrogens is 372 g/mol. The quantitative estimate of drug-likeness (QED) is 0.774. The summed E-state index contributed by atoms with van der Waals surface area (Å²) < 4.78 is 10.7. The fourth-order valence-electron chi connectivity index (χ4n) is 3.95. The molecule has 2 aromatic rings. The van der Waals surface area contributed by atoms with Crippen LogP contribution in [0.3, 0.4) is 0 Å². The zero-order chi connectivity index (χ0) is 20.4. The van der Waals surface area contributed by atoms with E-state index in [9.17, 15) is 4.79 Å². The molecule has 3 heterocycles. The summed E-state index contributed by atoms with van der Waals surface area (Å²) in [4.78, 5) is 27.2. The summed E-state index contributed by atoms with van der Waals surface area (Å²) >= 11 is 0. The van der Waals surface area contributed by atoms with Crippen molar-refractivity contribution in [3.8, 4) is 0 Å². The molecule has 4 rings (SSSR count). The second-order valence-electron chi connectivity index (χ2n) is 8.19. The van der Waals surface area contributed by atoms with Gasteiger partial charge in [-0.2, -0.15) is 9.97 Å². The third-order valence-electron chi connectivity index (χ3n) is 5.71. The molecule has 2 aromatic heterocycles. The Morgan fingerprint density at radius 3 is 2.72 bits per heavy atom. The molecule has 1 N–H and O–H groups in total. The van der Waals surface area contributed by atoms with E-state index in [2.05, 4.69) is 39.3 Å². The number of cyclic esters (lactones) is 1. The molecule has 29 heavy (non-hydrogen) atoms. The van der Waals surface area contributed by atoms with Gasteiger partial charge in [0.05, 0.1) is 6.04 Å². The van der Waals surface area contributed by atoms with Crippen molar-refractivity contribution in [3.63, 3.8) is 0 Å². The van der Waals surface area contributed by atoms with Crippen molar-refractivity contribution in [1.29, 1.82) is 0 Å². The minimum absolute atomic E-state index is 0.0448. The number of rotatable bonds is 6. The molecule has 9 heteroatoms. The summed E-state index contributed by atoms with van der Waals surface area (Å²) in [5.74, 6) is 2.87. The predicted molar refractivity (Wildman–Crippen MR) is 107 cm³/mol. The number of carbonyl (C=O) groups is 1. The number of nitrogens with zero attached hydrogens (tertiary/aromatic N) is 5. The molecule has 0 aromatic carbocycles. The van der Waals surface area contributed by atoms with Gasteiger partial charge in [-0.3, -0.25) is 4.90 Å². The number of aromatic nitrogens is 4. The van der Waals surface area contributed by atoms with Crippen LogP contribution < -0.4 is 10.2 Å². The lowest BCUT2D eigenvalue weighted by Crippen LogP contribution is -2.37. The molecule has 9 nitrogen and oxygen atoms in total. The Labute approximate surface area is 170 Å². The average molecular weight is 400 g/mol. The molecule has 1 saturated carbocycles. The van der Waals surface area contributed by atoms with Gasteiger partial charge in [0.25, 0.3) is 0 Å². The number of ether oxygens (including phenoxy) is 1. The van der Waals surface area contributed by atoms with E-state index in [-0.39, 0.29) is 24.1 Å². The molecule has 0 bridgehead atoms. The SMILES string of the molecule is CC(C)C1COC(=O)N1c1ccnc(N[C@H](C)c2nc(C3CCCCC3)no2)n1. The Hall–Kier alpha value is -2.71. The molecule has 0 spiro atoms. The Morgan fingerprint density at radius 1 is 1.17 bits per heavy atom. The topological polar surface area (TPSA) is 106 Å². The van der Waals surface area contributed by atoms with E-state index in [4.69, 9.17) is 9.26 Å². The summed E-state index contributed by atoms with van der Waals surface area (Å²) in [6, 6.07) is 1.42. The zero-order valence-electron chi connectivity index (χ0n) is 17.2. The van der Waals surface area contributed by atoms with Crippen LogP contribution in [-0.4, -0.2) is 38.9 Å². The number of amides is 1. The first-order chi connectivity index (χ1) is 14.0. The zero-order valence-corrected chi connectivity index (χ0v) is 17.2. The van der Waals surface area contributed by atoms with E-state index in [1.54, 1.807) is 17.2 Å². The van der Waals surface area contributed by atoms with Gasteiger partial charge in [-0.15, -0.1) is 0 Å². The van der Waals surface area contributed by atoms with Crippen molar-refractivity contribution in [2.24, 2.45) is 5.92 Å². The lowest BCUT2D eigenvalue weighted by atomic mass is 9.89. The van der Waals surface area contributed by atoms with Crippen molar-refractivity contribution < 1.29 is 14.1 Å². The maximum atomic E-state index is 12.2. The van der Waals surface area contributed by atoms with Crippen LogP contribution in [0, 0.1) is 5.92 Å². The number of anilines is 2. The van der Waals surface area contributed by atoms with Gasteiger partial charge in [0.15, 0.2) is 5.82 Å². The fraction of sp³-hybridized carbons (Fsp3) is 0.650. The minimum Gasteiger partial charge on any atom is -0.447 e. The van der Waals surface area contributed by atoms with E-state index in [1.807, 2.05) is 6.92 Å². The minimum atomic E-state index is -0.379. The van der Waals surface area contributed by atoms with E-state index >= 15 is 0 Å². The monoisotopic (exact) mass is 400 g/mol. The van der Waals surface area contributed by atoms with Crippen LogP contribution >= 0.6 is 0 Å². The molecule has 1 amide bonds. The van der Waals surface area contributed by atoms with Gasteiger partial charge < -0.3 is 14.6 Å². The lowest BCUT2D eigenvalue weighted by molar-refractivity contribution is 0.177. The van der Waals surface area contributed by atoms with E-state index < -0.39 is 0 Å². The first-order valence-corrected chi connectivity index (χ1v) is 10.4. The highest BCUT2D eigenvalue weighted by atomic mass is 16.6. The summed E-state index contributed by atoms with van der Waals surface area (Å²) in [6.07, 6.45) is 7.22. The molecule has 1 saturated heterocycles. The first kappa shape index (κ1) is 19.6. The van der Waals surface area contributed by atoms with Gasteiger partial charge in [0, 0.05) is 12.1 Å². The molecule has 156 valence electrons.